The number of hydrogen-bond acceptors (Lipinski definition) is 4. The minimum atomic E-state index is -0.0278. The first-order chi connectivity index (χ1) is 8.65. The highest BCUT2D eigenvalue weighted by Gasteiger charge is 2.11. The van der Waals surface area contributed by atoms with Crippen LogP contribution in [0.25, 0.3) is 10.9 Å². The predicted molar refractivity (Wildman–Crippen MR) is 73.9 cm³/mol. The Morgan fingerprint density at radius 2 is 2.11 bits per heavy atom. The van der Waals surface area contributed by atoms with Gasteiger partial charge in [-0.3, -0.25) is 0 Å². The zero-order valence-electron chi connectivity index (χ0n) is 10.4. The molecule has 2 rings (SSSR count). The van der Waals surface area contributed by atoms with Crippen LogP contribution in [0, 0.1) is 6.92 Å². The second kappa shape index (κ2) is 5.63. The van der Waals surface area contributed by atoms with Crippen molar-refractivity contribution >= 4 is 26.8 Å². The number of aliphatic hydroxyl groups excluding tert-OH is 1. The van der Waals surface area contributed by atoms with Crippen molar-refractivity contribution in [3.63, 3.8) is 0 Å². The maximum Gasteiger partial charge on any atom is 0.224 e. The Bertz CT molecular complexity index is 572. The summed E-state index contributed by atoms with van der Waals surface area (Å²) in [4.78, 5) is 8.90. The van der Waals surface area contributed by atoms with Gasteiger partial charge in [0, 0.05) is 10.9 Å². The van der Waals surface area contributed by atoms with Crippen LogP contribution in [0.5, 0.6) is 5.88 Å². The number of ether oxygens (including phenoxy) is 1. The summed E-state index contributed by atoms with van der Waals surface area (Å²) in [6.45, 7) is 4.22. The van der Waals surface area contributed by atoms with Gasteiger partial charge in [0.25, 0.3) is 0 Å². The molecule has 0 spiro atoms. The minimum absolute atomic E-state index is 0.0278. The van der Waals surface area contributed by atoms with Gasteiger partial charge < -0.3 is 9.84 Å². The van der Waals surface area contributed by atoms with E-state index < -0.39 is 0 Å². The third kappa shape index (κ3) is 2.62. The van der Waals surface area contributed by atoms with Gasteiger partial charge in [0.05, 0.1) is 17.5 Å². The molecule has 0 saturated heterocycles. The third-order valence-electron chi connectivity index (χ3n) is 2.61. The van der Waals surface area contributed by atoms with E-state index in [-0.39, 0.29) is 13.2 Å². The molecule has 1 aromatic carbocycles. The number of fused-ring (bicyclic) bond motifs is 1. The van der Waals surface area contributed by atoms with Crippen LogP contribution in [0.3, 0.4) is 0 Å². The predicted octanol–water partition coefficient (Wildman–Crippen LogP) is 2.63. The second-order valence-corrected chi connectivity index (χ2v) is 4.91. The van der Waals surface area contributed by atoms with E-state index in [1.54, 1.807) is 0 Å². The lowest BCUT2D eigenvalue weighted by atomic mass is 10.1. The van der Waals surface area contributed by atoms with Gasteiger partial charge in [0.1, 0.15) is 12.4 Å². The Hall–Kier alpha value is -1.20. The smallest absolute Gasteiger partial charge is 0.224 e. The van der Waals surface area contributed by atoms with Crippen molar-refractivity contribution in [2.24, 2.45) is 0 Å². The fraction of sp³-hybridized carbons (Fsp3) is 0.385. The fourth-order valence-corrected chi connectivity index (χ4v) is 2.36. The highest BCUT2D eigenvalue weighted by atomic mass is 79.9. The molecule has 0 radical (unpaired) electrons. The number of aryl methyl sites for hydroxylation is 2. The average Bonchev–Trinajstić information content (AvgIpc) is 2.36. The number of halogens is 1. The molecule has 0 fully saturated rings. The maximum atomic E-state index is 8.86. The summed E-state index contributed by atoms with van der Waals surface area (Å²) in [7, 11) is 0. The standard InChI is InChI=1S/C13H15BrN2O2/c1-3-11-15-12-8(2)6-9(14)7-10(12)13(16-11)18-5-4-17/h6-7,17H,3-5H2,1-2H3. The van der Waals surface area contributed by atoms with Gasteiger partial charge >= 0.3 is 0 Å². The lowest BCUT2D eigenvalue weighted by molar-refractivity contribution is 0.198. The summed E-state index contributed by atoms with van der Waals surface area (Å²) in [5.41, 5.74) is 1.98. The molecule has 0 atom stereocenters. The van der Waals surface area contributed by atoms with Gasteiger partial charge in [0.2, 0.25) is 5.88 Å². The summed E-state index contributed by atoms with van der Waals surface area (Å²) >= 11 is 3.46. The molecule has 5 heteroatoms. The van der Waals surface area contributed by atoms with Crippen LogP contribution in [0.2, 0.25) is 0 Å². The van der Waals surface area contributed by atoms with E-state index in [2.05, 4.69) is 25.9 Å². The molecular formula is C13H15BrN2O2. The van der Waals surface area contributed by atoms with Crippen molar-refractivity contribution in [1.29, 1.82) is 0 Å². The number of rotatable bonds is 4. The Morgan fingerprint density at radius 1 is 1.33 bits per heavy atom. The summed E-state index contributed by atoms with van der Waals surface area (Å²) in [6, 6.07) is 3.96. The zero-order valence-corrected chi connectivity index (χ0v) is 12.0. The molecular weight excluding hydrogens is 296 g/mol. The highest BCUT2D eigenvalue weighted by molar-refractivity contribution is 9.10. The van der Waals surface area contributed by atoms with Gasteiger partial charge in [-0.05, 0) is 24.6 Å². The van der Waals surface area contributed by atoms with E-state index in [9.17, 15) is 0 Å². The largest absolute Gasteiger partial charge is 0.475 e. The zero-order chi connectivity index (χ0) is 13.1. The normalized spacial score (nSPS) is 10.9. The second-order valence-electron chi connectivity index (χ2n) is 3.99. The molecule has 0 amide bonds. The number of nitrogens with zero attached hydrogens (tertiary/aromatic N) is 2. The lowest BCUT2D eigenvalue weighted by Gasteiger charge is -2.10. The molecule has 0 aliphatic heterocycles. The first-order valence-electron chi connectivity index (χ1n) is 5.86. The van der Waals surface area contributed by atoms with Gasteiger partial charge in [-0.1, -0.05) is 22.9 Å². The van der Waals surface area contributed by atoms with Gasteiger partial charge in [-0.25, -0.2) is 4.98 Å². The van der Waals surface area contributed by atoms with Crippen LogP contribution >= 0.6 is 15.9 Å². The van der Waals surface area contributed by atoms with Crippen LogP contribution < -0.4 is 4.74 Å². The number of aromatic nitrogens is 2. The average molecular weight is 311 g/mol. The molecule has 0 saturated carbocycles. The summed E-state index contributed by atoms with van der Waals surface area (Å²) in [6.07, 6.45) is 0.751. The molecule has 1 N–H and O–H groups in total. The van der Waals surface area contributed by atoms with Crippen molar-refractivity contribution in [3.8, 4) is 5.88 Å². The van der Waals surface area contributed by atoms with Crippen LogP contribution in [-0.4, -0.2) is 28.3 Å². The summed E-state index contributed by atoms with van der Waals surface area (Å²) < 4.78 is 6.47. The van der Waals surface area contributed by atoms with E-state index in [4.69, 9.17) is 9.84 Å². The molecule has 0 bridgehead atoms. The highest BCUT2D eigenvalue weighted by Crippen LogP contribution is 2.28. The molecule has 0 unspecified atom stereocenters. The fourth-order valence-electron chi connectivity index (χ4n) is 1.79. The molecule has 4 nitrogen and oxygen atoms in total. The van der Waals surface area contributed by atoms with Crippen molar-refractivity contribution in [2.75, 3.05) is 13.2 Å². The quantitative estimate of drug-likeness (QED) is 0.943. The van der Waals surface area contributed by atoms with Crippen molar-refractivity contribution < 1.29 is 9.84 Å². The van der Waals surface area contributed by atoms with Gasteiger partial charge in [-0.2, -0.15) is 4.98 Å². The Morgan fingerprint density at radius 3 is 2.78 bits per heavy atom. The number of benzene rings is 1. The lowest BCUT2D eigenvalue weighted by Crippen LogP contribution is -2.06. The minimum Gasteiger partial charge on any atom is -0.475 e. The Balaban J connectivity index is 2.64. The van der Waals surface area contributed by atoms with Crippen LogP contribution in [-0.2, 0) is 6.42 Å². The summed E-state index contributed by atoms with van der Waals surface area (Å²) in [5.74, 6) is 1.29. The molecule has 18 heavy (non-hydrogen) atoms. The Kier molecular flexibility index (Phi) is 4.14. The molecule has 1 heterocycles. The molecule has 96 valence electrons. The van der Waals surface area contributed by atoms with E-state index in [1.807, 2.05) is 26.0 Å². The molecule has 1 aromatic heterocycles. The monoisotopic (exact) mass is 310 g/mol. The SMILES string of the molecule is CCc1nc(OCCO)c2cc(Br)cc(C)c2n1. The van der Waals surface area contributed by atoms with Crippen LogP contribution in [0.1, 0.15) is 18.3 Å². The van der Waals surface area contributed by atoms with Crippen molar-refractivity contribution in [2.45, 2.75) is 20.3 Å². The van der Waals surface area contributed by atoms with E-state index in [0.29, 0.717) is 5.88 Å². The molecule has 0 aliphatic carbocycles. The van der Waals surface area contributed by atoms with Crippen LogP contribution in [0.4, 0.5) is 0 Å². The van der Waals surface area contributed by atoms with E-state index in [1.165, 1.54) is 0 Å². The number of hydrogen-bond donors (Lipinski definition) is 1. The van der Waals surface area contributed by atoms with E-state index >= 15 is 0 Å². The Labute approximate surface area is 114 Å². The first kappa shape index (κ1) is 13.2. The van der Waals surface area contributed by atoms with Gasteiger partial charge in [-0.15, -0.1) is 0 Å². The third-order valence-corrected chi connectivity index (χ3v) is 3.07. The van der Waals surface area contributed by atoms with Crippen molar-refractivity contribution in [3.05, 3.63) is 28.0 Å². The topological polar surface area (TPSA) is 55.2 Å². The maximum absolute atomic E-state index is 8.86. The summed E-state index contributed by atoms with van der Waals surface area (Å²) in [5, 5.41) is 9.73. The van der Waals surface area contributed by atoms with Gasteiger partial charge in [0.15, 0.2) is 0 Å². The molecule has 0 aliphatic rings. The van der Waals surface area contributed by atoms with Crippen LogP contribution in [0.15, 0.2) is 16.6 Å². The first-order valence-corrected chi connectivity index (χ1v) is 6.65. The molecule has 2 aromatic rings. The van der Waals surface area contributed by atoms with Crippen molar-refractivity contribution in [1.82, 2.24) is 9.97 Å². The van der Waals surface area contributed by atoms with E-state index in [0.717, 1.165) is 33.2 Å². The number of aliphatic hydroxyl groups is 1.